The van der Waals surface area contributed by atoms with Crippen molar-refractivity contribution in [2.75, 3.05) is 26.2 Å². The summed E-state index contributed by atoms with van der Waals surface area (Å²) in [6.07, 6.45) is 0. The van der Waals surface area contributed by atoms with E-state index in [-0.39, 0.29) is 5.91 Å². The zero-order chi connectivity index (χ0) is 20.7. The van der Waals surface area contributed by atoms with Gasteiger partial charge in [-0.25, -0.2) is 0 Å². The van der Waals surface area contributed by atoms with Crippen LogP contribution < -0.4 is 0 Å². The number of hydrogen-bond acceptors (Lipinski definition) is 5. The molecule has 0 radical (unpaired) electrons. The van der Waals surface area contributed by atoms with Gasteiger partial charge < -0.3 is 4.90 Å². The second-order valence-corrected chi connectivity index (χ2v) is 8.13. The maximum Gasteiger partial charge on any atom is 0.259 e. The lowest BCUT2D eigenvalue weighted by molar-refractivity contribution is -0.125. The van der Waals surface area contributed by atoms with Crippen LogP contribution in [0.5, 0.6) is 0 Å². The Morgan fingerprint density at radius 3 is 2.67 bits per heavy atom. The van der Waals surface area contributed by atoms with Crippen LogP contribution in [0.4, 0.5) is 0 Å². The smallest absolute Gasteiger partial charge is 0.259 e. The van der Waals surface area contributed by atoms with E-state index in [9.17, 15) is 10.1 Å². The number of nitriles is 1. The molecule has 0 saturated heterocycles. The van der Waals surface area contributed by atoms with Crippen LogP contribution in [0, 0.1) is 11.3 Å². The van der Waals surface area contributed by atoms with Crippen molar-refractivity contribution in [3.63, 3.8) is 0 Å². The van der Waals surface area contributed by atoms with Crippen molar-refractivity contribution in [1.29, 1.82) is 5.26 Å². The highest BCUT2D eigenvalue weighted by molar-refractivity contribution is 6.30. The van der Waals surface area contributed by atoms with E-state index in [1.54, 1.807) is 4.90 Å². The summed E-state index contributed by atoms with van der Waals surface area (Å²) in [6, 6.07) is 17.5. The van der Waals surface area contributed by atoms with Gasteiger partial charge >= 0.3 is 0 Å². The third-order valence-electron chi connectivity index (χ3n) is 5.78. The second-order valence-electron chi connectivity index (χ2n) is 7.69. The Morgan fingerprint density at radius 2 is 1.87 bits per heavy atom. The first kappa shape index (κ1) is 18.9. The summed E-state index contributed by atoms with van der Waals surface area (Å²) in [5, 5.41) is 10.1. The molecule has 0 saturated carbocycles. The van der Waals surface area contributed by atoms with Crippen molar-refractivity contribution < 1.29 is 4.79 Å². The Balaban J connectivity index is 1.39. The summed E-state index contributed by atoms with van der Waals surface area (Å²) >= 11 is 6.00. The first-order valence-corrected chi connectivity index (χ1v) is 10.3. The summed E-state index contributed by atoms with van der Waals surface area (Å²) in [4.78, 5) is 24.2. The summed E-state index contributed by atoms with van der Waals surface area (Å²) < 4.78 is 0. The number of rotatable bonds is 4. The van der Waals surface area contributed by atoms with Gasteiger partial charge in [0.2, 0.25) is 5.96 Å². The summed E-state index contributed by atoms with van der Waals surface area (Å²) in [7, 11) is 0. The molecule has 0 spiro atoms. The van der Waals surface area contributed by atoms with Crippen molar-refractivity contribution in [3.05, 3.63) is 81.5 Å². The zero-order valence-corrected chi connectivity index (χ0v) is 17.1. The fourth-order valence-electron chi connectivity index (χ4n) is 4.33. The molecule has 2 aromatic rings. The molecule has 0 fully saturated rings. The second kappa shape index (κ2) is 7.60. The highest BCUT2D eigenvalue weighted by Crippen LogP contribution is 2.32. The Morgan fingerprint density at radius 1 is 1.07 bits per heavy atom. The summed E-state index contributed by atoms with van der Waals surface area (Å²) in [6.45, 7) is 3.86. The zero-order valence-electron chi connectivity index (χ0n) is 16.4. The monoisotopic (exact) mass is 417 g/mol. The van der Waals surface area contributed by atoms with Gasteiger partial charge in [-0.3, -0.25) is 19.6 Å². The van der Waals surface area contributed by atoms with Gasteiger partial charge in [0.25, 0.3) is 5.91 Å². The number of benzene rings is 2. The maximum atomic E-state index is 13.4. The molecule has 2 aromatic carbocycles. The van der Waals surface area contributed by atoms with Crippen LogP contribution in [-0.4, -0.2) is 52.7 Å². The molecule has 0 unspecified atom stereocenters. The number of halogens is 1. The molecule has 3 aliphatic rings. The van der Waals surface area contributed by atoms with Crippen LogP contribution in [-0.2, 0) is 17.9 Å². The molecule has 0 aliphatic carbocycles. The highest BCUT2D eigenvalue weighted by atomic mass is 35.5. The van der Waals surface area contributed by atoms with Crippen LogP contribution in [0.25, 0.3) is 0 Å². The highest BCUT2D eigenvalue weighted by Gasteiger charge is 2.42. The largest absolute Gasteiger partial charge is 0.312 e. The molecule has 150 valence electrons. The maximum absolute atomic E-state index is 13.4. The normalized spacial score (nSPS) is 18.4. The van der Waals surface area contributed by atoms with Crippen LogP contribution in [0.1, 0.15) is 16.7 Å². The number of amides is 1. The summed E-state index contributed by atoms with van der Waals surface area (Å²) in [5.74, 6) is 0.765. The number of carbonyl (C=O) groups is 1. The van der Waals surface area contributed by atoms with Crippen molar-refractivity contribution >= 4 is 23.5 Å². The molecule has 1 amide bonds. The minimum atomic E-state index is 0.0212. The van der Waals surface area contributed by atoms with Crippen LogP contribution in [0.15, 0.2) is 64.8 Å². The lowest BCUT2D eigenvalue weighted by Crippen LogP contribution is -2.49. The lowest BCUT2D eigenvalue weighted by Gasteiger charge is -2.35. The number of nitrogens with zero attached hydrogens (tertiary/aromatic N) is 5. The minimum absolute atomic E-state index is 0.0212. The van der Waals surface area contributed by atoms with Gasteiger partial charge in [-0.15, -0.1) is 0 Å². The summed E-state index contributed by atoms with van der Waals surface area (Å²) in [5.41, 5.74) is 4.57. The average Bonchev–Trinajstić information content (AvgIpc) is 3.40. The van der Waals surface area contributed by atoms with Gasteiger partial charge in [0.05, 0.1) is 30.3 Å². The standard InChI is InChI=1S/C23H20ClN5O/c24-19-7-5-16(6-8-19)12-29-22(30)20-14-27(13-18-4-2-1-3-17(18)11-25)15-21(20)28-10-9-26-23(28)29/h1-8H,9-10,12-15H2. The Kier molecular flexibility index (Phi) is 4.78. The first-order valence-electron chi connectivity index (χ1n) is 9.95. The number of guanidine groups is 1. The van der Waals surface area contributed by atoms with E-state index in [0.29, 0.717) is 43.3 Å². The Labute approximate surface area is 180 Å². The Bertz CT molecular complexity index is 1120. The van der Waals surface area contributed by atoms with E-state index in [0.717, 1.165) is 34.9 Å². The van der Waals surface area contributed by atoms with Crippen LogP contribution in [0.3, 0.4) is 0 Å². The lowest BCUT2D eigenvalue weighted by atomic mass is 10.1. The Hall–Kier alpha value is -3.14. The molecule has 30 heavy (non-hydrogen) atoms. The van der Waals surface area contributed by atoms with Crippen molar-refractivity contribution in [3.8, 4) is 6.07 Å². The van der Waals surface area contributed by atoms with Crippen molar-refractivity contribution in [1.82, 2.24) is 14.7 Å². The van der Waals surface area contributed by atoms with Gasteiger partial charge in [-0.1, -0.05) is 41.9 Å². The van der Waals surface area contributed by atoms with E-state index in [1.807, 2.05) is 48.5 Å². The molecule has 0 N–H and O–H groups in total. The molecule has 6 nitrogen and oxygen atoms in total. The predicted molar refractivity (Wildman–Crippen MR) is 114 cm³/mol. The van der Waals surface area contributed by atoms with E-state index < -0.39 is 0 Å². The predicted octanol–water partition coefficient (Wildman–Crippen LogP) is 3.00. The number of fused-ring (bicyclic) bond motifs is 2. The van der Waals surface area contributed by atoms with Crippen LogP contribution in [0.2, 0.25) is 5.02 Å². The molecular weight excluding hydrogens is 398 g/mol. The SMILES string of the molecule is N#Cc1ccccc1CN1CC2=C(C1)N1CCN=C1N(Cc1ccc(Cl)cc1)C2=O. The van der Waals surface area contributed by atoms with Gasteiger partial charge in [-0.05, 0) is 29.3 Å². The molecule has 3 aliphatic heterocycles. The van der Waals surface area contributed by atoms with Gasteiger partial charge in [0, 0.05) is 36.9 Å². The fraction of sp³-hybridized carbons (Fsp3) is 0.261. The van der Waals surface area contributed by atoms with Gasteiger partial charge in [-0.2, -0.15) is 5.26 Å². The molecular formula is C23H20ClN5O. The van der Waals surface area contributed by atoms with Gasteiger partial charge in [0.15, 0.2) is 0 Å². The third kappa shape index (κ3) is 3.26. The molecule has 7 heteroatoms. The minimum Gasteiger partial charge on any atom is -0.312 e. The average molecular weight is 418 g/mol. The number of hydrogen-bond donors (Lipinski definition) is 0. The molecule has 0 bridgehead atoms. The van der Waals surface area contributed by atoms with Gasteiger partial charge in [0.1, 0.15) is 0 Å². The van der Waals surface area contributed by atoms with Crippen LogP contribution >= 0.6 is 11.6 Å². The first-order chi connectivity index (χ1) is 14.6. The van der Waals surface area contributed by atoms with Crippen molar-refractivity contribution in [2.24, 2.45) is 4.99 Å². The number of carbonyl (C=O) groups excluding carboxylic acids is 1. The molecule has 3 heterocycles. The van der Waals surface area contributed by atoms with E-state index in [2.05, 4.69) is 20.9 Å². The fourth-order valence-corrected chi connectivity index (χ4v) is 4.45. The van der Waals surface area contributed by atoms with E-state index in [4.69, 9.17) is 11.6 Å². The van der Waals surface area contributed by atoms with Crippen molar-refractivity contribution in [2.45, 2.75) is 13.1 Å². The quantitative estimate of drug-likeness (QED) is 0.767. The van der Waals surface area contributed by atoms with E-state index >= 15 is 0 Å². The molecule has 0 atom stereocenters. The molecule has 0 aromatic heterocycles. The van der Waals surface area contributed by atoms with E-state index in [1.165, 1.54) is 0 Å². The number of aliphatic imine (C=N–C) groups is 1. The topological polar surface area (TPSA) is 62.9 Å². The molecule has 5 rings (SSSR count). The third-order valence-corrected chi connectivity index (χ3v) is 6.03.